The van der Waals surface area contributed by atoms with E-state index in [2.05, 4.69) is 15.9 Å². The Morgan fingerprint density at radius 3 is 2.23 bits per heavy atom. The molecule has 1 aliphatic heterocycles. The third kappa shape index (κ3) is 1.89. The first-order valence-corrected chi connectivity index (χ1v) is 5.75. The van der Waals surface area contributed by atoms with Gasteiger partial charge in [0.25, 0.3) is 0 Å². The molecule has 1 amide bonds. The molecule has 0 N–H and O–H groups in total. The fourth-order valence-corrected chi connectivity index (χ4v) is 2.02. The Labute approximate surface area is 87.6 Å². The van der Waals surface area contributed by atoms with Crippen LogP contribution < -0.4 is 0 Å². The van der Waals surface area contributed by atoms with Crippen LogP contribution >= 0.6 is 15.9 Å². The monoisotopic (exact) mass is 249 g/mol. The number of hydrogen-bond donors (Lipinski definition) is 0. The van der Waals surface area contributed by atoms with E-state index in [0.717, 1.165) is 13.1 Å². The van der Waals surface area contributed by atoms with Crippen LogP contribution in [0.3, 0.4) is 0 Å². The molecule has 0 bridgehead atoms. The van der Waals surface area contributed by atoms with E-state index in [1.54, 1.807) is 0 Å². The lowest BCUT2D eigenvalue weighted by molar-refractivity contribution is -0.167. The predicted octanol–water partition coefficient (Wildman–Crippen LogP) is 1.27. The molecule has 1 aliphatic rings. The summed E-state index contributed by atoms with van der Waals surface area (Å²) in [5.41, 5.74) is -0.272. The minimum atomic E-state index is -0.272. The number of carbonyl (C=O) groups is 1. The lowest BCUT2D eigenvalue weighted by Gasteiger charge is -2.41. The first kappa shape index (κ1) is 11.0. The fourth-order valence-electron chi connectivity index (χ4n) is 1.45. The van der Waals surface area contributed by atoms with Gasteiger partial charge in [-0.05, 0) is 13.8 Å². The summed E-state index contributed by atoms with van der Waals surface area (Å²) < 4.78 is 5.11. The third-order valence-electron chi connectivity index (χ3n) is 2.52. The fraction of sp³-hybridized carbons (Fsp3) is 0.889. The first-order chi connectivity index (χ1) is 6.20. The standard InChI is InChI=1S/C9H16BrNO2/c1-3-11(4-2)8(12)9(5-10)6-13-7-9/h3-7H2,1-2H3. The van der Waals surface area contributed by atoms with Gasteiger partial charge in [0.05, 0.1) is 13.2 Å². The van der Waals surface area contributed by atoms with Crippen molar-refractivity contribution in [2.45, 2.75) is 13.8 Å². The molecule has 0 atom stereocenters. The Hall–Kier alpha value is -0.0900. The van der Waals surface area contributed by atoms with Crippen molar-refractivity contribution < 1.29 is 9.53 Å². The van der Waals surface area contributed by atoms with Crippen LogP contribution in [-0.2, 0) is 9.53 Å². The van der Waals surface area contributed by atoms with Crippen LogP contribution in [0, 0.1) is 5.41 Å². The smallest absolute Gasteiger partial charge is 0.234 e. The zero-order valence-corrected chi connectivity index (χ0v) is 9.76. The number of rotatable bonds is 4. The van der Waals surface area contributed by atoms with E-state index in [1.807, 2.05) is 18.7 Å². The Bertz CT molecular complexity index is 183. The molecule has 3 nitrogen and oxygen atoms in total. The summed E-state index contributed by atoms with van der Waals surface area (Å²) in [6, 6.07) is 0. The Morgan fingerprint density at radius 2 is 2.00 bits per heavy atom. The number of nitrogens with zero attached hydrogens (tertiary/aromatic N) is 1. The van der Waals surface area contributed by atoms with Gasteiger partial charge in [-0.25, -0.2) is 0 Å². The Morgan fingerprint density at radius 1 is 1.46 bits per heavy atom. The molecule has 0 aromatic carbocycles. The molecule has 1 rings (SSSR count). The van der Waals surface area contributed by atoms with Gasteiger partial charge in [0.2, 0.25) is 5.91 Å². The van der Waals surface area contributed by atoms with E-state index < -0.39 is 0 Å². The summed E-state index contributed by atoms with van der Waals surface area (Å²) in [6.45, 7) is 6.70. The molecule has 13 heavy (non-hydrogen) atoms. The lowest BCUT2D eigenvalue weighted by atomic mass is 9.87. The van der Waals surface area contributed by atoms with Gasteiger partial charge in [-0.2, -0.15) is 0 Å². The summed E-state index contributed by atoms with van der Waals surface area (Å²) in [7, 11) is 0. The first-order valence-electron chi connectivity index (χ1n) is 4.63. The average Bonchev–Trinajstić information content (AvgIpc) is 2.05. The van der Waals surface area contributed by atoms with Crippen molar-refractivity contribution in [2.75, 3.05) is 31.6 Å². The van der Waals surface area contributed by atoms with E-state index >= 15 is 0 Å². The van der Waals surface area contributed by atoms with Crippen molar-refractivity contribution >= 4 is 21.8 Å². The number of ether oxygens (including phenoxy) is 1. The molecule has 0 radical (unpaired) electrons. The lowest BCUT2D eigenvalue weighted by Crippen LogP contribution is -2.56. The van der Waals surface area contributed by atoms with Gasteiger partial charge >= 0.3 is 0 Å². The molecule has 1 saturated heterocycles. The summed E-state index contributed by atoms with van der Waals surface area (Å²) in [6.07, 6.45) is 0. The second kappa shape index (κ2) is 4.42. The predicted molar refractivity (Wildman–Crippen MR) is 55.0 cm³/mol. The number of alkyl halides is 1. The van der Waals surface area contributed by atoms with Gasteiger partial charge in [-0.1, -0.05) is 15.9 Å². The van der Waals surface area contributed by atoms with Crippen molar-refractivity contribution in [3.05, 3.63) is 0 Å². The highest BCUT2D eigenvalue weighted by molar-refractivity contribution is 9.09. The van der Waals surface area contributed by atoms with Crippen molar-refractivity contribution in [1.29, 1.82) is 0 Å². The number of halogens is 1. The van der Waals surface area contributed by atoms with Crippen LogP contribution in [0.15, 0.2) is 0 Å². The molecule has 0 unspecified atom stereocenters. The molecule has 76 valence electrons. The van der Waals surface area contributed by atoms with E-state index in [0.29, 0.717) is 18.5 Å². The molecule has 0 spiro atoms. The van der Waals surface area contributed by atoms with Gasteiger partial charge < -0.3 is 9.64 Å². The number of hydrogen-bond acceptors (Lipinski definition) is 2. The topological polar surface area (TPSA) is 29.5 Å². The van der Waals surface area contributed by atoms with Crippen molar-refractivity contribution in [3.8, 4) is 0 Å². The molecule has 0 aromatic rings. The highest BCUT2D eigenvalue weighted by Crippen LogP contribution is 2.31. The molecular formula is C9H16BrNO2. The number of carbonyl (C=O) groups excluding carboxylic acids is 1. The quantitative estimate of drug-likeness (QED) is 0.703. The van der Waals surface area contributed by atoms with E-state index in [4.69, 9.17) is 4.74 Å². The molecule has 0 saturated carbocycles. The molecular weight excluding hydrogens is 234 g/mol. The van der Waals surface area contributed by atoms with Crippen molar-refractivity contribution in [1.82, 2.24) is 4.90 Å². The second-order valence-corrected chi connectivity index (χ2v) is 3.94. The van der Waals surface area contributed by atoms with E-state index in [-0.39, 0.29) is 11.3 Å². The Kier molecular flexibility index (Phi) is 3.74. The second-order valence-electron chi connectivity index (χ2n) is 3.38. The van der Waals surface area contributed by atoms with Gasteiger partial charge in [-0.15, -0.1) is 0 Å². The third-order valence-corrected chi connectivity index (χ3v) is 3.59. The van der Waals surface area contributed by atoms with E-state index in [1.165, 1.54) is 0 Å². The van der Waals surface area contributed by atoms with Crippen LogP contribution in [0.2, 0.25) is 0 Å². The van der Waals surface area contributed by atoms with Gasteiger partial charge in [0, 0.05) is 18.4 Å². The maximum absolute atomic E-state index is 12.0. The summed E-state index contributed by atoms with van der Waals surface area (Å²) in [5.74, 6) is 0.223. The van der Waals surface area contributed by atoms with Crippen LogP contribution in [-0.4, -0.2) is 42.4 Å². The summed E-state index contributed by atoms with van der Waals surface area (Å²) in [5, 5.41) is 0.704. The maximum Gasteiger partial charge on any atom is 0.234 e. The van der Waals surface area contributed by atoms with Gasteiger partial charge in [-0.3, -0.25) is 4.79 Å². The van der Waals surface area contributed by atoms with E-state index in [9.17, 15) is 4.79 Å². The minimum absolute atomic E-state index is 0.223. The summed E-state index contributed by atoms with van der Waals surface area (Å²) in [4.78, 5) is 13.8. The highest BCUT2D eigenvalue weighted by atomic mass is 79.9. The summed E-state index contributed by atoms with van der Waals surface area (Å²) >= 11 is 3.38. The molecule has 4 heteroatoms. The van der Waals surface area contributed by atoms with Crippen LogP contribution in [0.5, 0.6) is 0 Å². The highest BCUT2D eigenvalue weighted by Gasteiger charge is 2.46. The minimum Gasteiger partial charge on any atom is -0.379 e. The molecule has 0 aromatic heterocycles. The largest absolute Gasteiger partial charge is 0.379 e. The Balaban J connectivity index is 2.63. The van der Waals surface area contributed by atoms with Crippen LogP contribution in [0.1, 0.15) is 13.8 Å². The van der Waals surface area contributed by atoms with Gasteiger partial charge in [0.1, 0.15) is 5.41 Å². The molecule has 0 aliphatic carbocycles. The van der Waals surface area contributed by atoms with Crippen molar-refractivity contribution in [2.24, 2.45) is 5.41 Å². The normalized spacial score (nSPS) is 19.3. The number of amides is 1. The van der Waals surface area contributed by atoms with Crippen molar-refractivity contribution in [3.63, 3.8) is 0 Å². The molecule has 1 heterocycles. The maximum atomic E-state index is 12.0. The van der Waals surface area contributed by atoms with Gasteiger partial charge in [0.15, 0.2) is 0 Å². The van der Waals surface area contributed by atoms with Crippen LogP contribution in [0.4, 0.5) is 0 Å². The molecule has 1 fully saturated rings. The zero-order valence-electron chi connectivity index (χ0n) is 8.18. The van der Waals surface area contributed by atoms with Crippen LogP contribution in [0.25, 0.3) is 0 Å². The average molecular weight is 250 g/mol. The zero-order chi connectivity index (χ0) is 9.90. The SMILES string of the molecule is CCN(CC)C(=O)C1(CBr)COC1.